The molecule has 198 valence electrons. The SMILES string of the molecule is Cc1cccc(C2C(C#N)=C(N)N(c3nnc(SCC(=O)Nc4cc(F)ccc4C)s3)C3=C2C(=O)CCC3)c1. The zero-order valence-electron chi connectivity index (χ0n) is 21.3. The molecule has 1 unspecified atom stereocenters. The summed E-state index contributed by atoms with van der Waals surface area (Å²) in [5.74, 6) is -1.01. The van der Waals surface area contributed by atoms with Crippen molar-refractivity contribution in [3.05, 3.63) is 87.6 Å². The van der Waals surface area contributed by atoms with Crippen molar-refractivity contribution in [1.82, 2.24) is 10.2 Å². The molecule has 11 heteroatoms. The summed E-state index contributed by atoms with van der Waals surface area (Å²) >= 11 is 2.41. The number of allylic oxidation sites excluding steroid dienone is 3. The molecule has 1 aromatic heterocycles. The Balaban J connectivity index is 1.42. The molecule has 2 aliphatic rings. The Bertz CT molecular complexity index is 1590. The summed E-state index contributed by atoms with van der Waals surface area (Å²) < 4.78 is 14.1. The number of nitrogens with two attached hydrogens (primary N) is 1. The first-order chi connectivity index (χ1) is 18.8. The van der Waals surface area contributed by atoms with E-state index in [-0.39, 0.29) is 23.3 Å². The van der Waals surface area contributed by atoms with E-state index in [1.54, 1.807) is 17.9 Å². The van der Waals surface area contributed by atoms with Crippen LogP contribution in [0.1, 0.15) is 41.9 Å². The van der Waals surface area contributed by atoms with Crippen LogP contribution in [0.2, 0.25) is 0 Å². The fraction of sp³-hybridized carbons (Fsp3) is 0.250. The number of benzene rings is 2. The van der Waals surface area contributed by atoms with Crippen LogP contribution in [0.5, 0.6) is 0 Å². The van der Waals surface area contributed by atoms with Gasteiger partial charge in [-0.3, -0.25) is 14.5 Å². The van der Waals surface area contributed by atoms with Crippen molar-refractivity contribution in [3.8, 4) is 6.07 Å². The summed E-state index contributed by atoms with van der Waals surface area (Å²) in [4.78, 5) is 27.4. The second-order valence-electron chi connectivity index (χ2n) is 9.38. The Morgan fingerprint density at radius 2 is 2.08 bits per heavy atom. The van der Waals surface area contributed by atoms with Crippen molar-refractivity contribution >= 4 is 45.6 Å². The van der Waals surface area contributed by atoms with E-state index in [0.29, 0.717) is 45.6 Å². The van der Waals surface area contributed by atoms with Gasteiger partial charge in [-0.25, -0.2) is 4.39 Å². The molecule has 8 nitrogen and oxygen atoms in total. The number of hydrogen-bond acceptors (Lipinski definition) is 9. The topological polar surface area (TPSA) is 125 Å². The molecule has 0 bridgehead atoms. The zero-order chi connectivity index (χ0) is 27.7. The third kappa shape index (κ3) is 5.30. The lowest BCUT2D eigenvalue weighted by atomic mass is 9.75. The standard InChI is InChI=1S/C28H25FN6O2S2/c1-15-5-3-6-17(11-15)24-19(13-30)26(31)35(21-7-4-8-22(36)25(21)24)27-33-34-28(39-27)38-14-23(37)32-20-12-18(29)10-9-16(20)2/h3,5-6,9-12,24H,4,7-8,14,31H2,1-2H3,(H,32,37). The van der Waals surface area contributed by atoms with Gasteiger partial charge in [0.1, 0.15) is 11.6 Å². The molecule has 5 rings (SSSR count). The van der Waals surface area contributed by atoms with Crippen LogP contribution in [0.4, 0.5) is 15.2 Å². The third-order valence-electron chi connectivity index (χ3n) is 6.68. The Kier molecular flexibility index (Phi) is 7.50. The number of halogens is 1. The summed E-state index contributed by atoms with van der Waals surface area (Å²) in [7, 11) is 0. The molecule has 1 amide bonds. The number of Topliss-reactive ketones (excluding diaryl/α,β-unsaturated/α-hetero) is 1. The quantitative estimate of drug-likeness (QED) is 0.388. The Morgan fingerprint density at radius 1 is 1.26 bits per heavy atom. The molecule has 1 aliphatic heterocycles. The summed E-state index contributed by atoms with van der Waals surface area (Å²) in [6, 6.07) is 14.2. The molecule has 0 fully saturated rings. The van der Waals surface area contributed by atoms with Crippen molar-refractivity contribution in [2.75, 3.05) is 16.0 Å². The van der Waals surface area contributed by atoms with Crippen LogP contribution in [0.15, 0.2) is 69.5 Å². The molecule has 3 aromatic rings. The highest BCUT2D eigenvalue weighted by molar-refractivity contribution is 8.01. The number of amides is 1. The monoisotopic (exact) mass is 560 g/mol. The van der Waals surface area contributed by atoms with E-state index in [1.807, 2.05) is 31.2 Å². The number of ketones is 1. The van der Waals surface area contributed by atoms with Crippen molar-refractivity contribution in [2.24, 2.45) is 5.73 Å². The zero-order valence-corrected chi connectivity index (χ0v) is 23.0. The second kappa shape index (κ2) is 11.0. The fourth-order valence-corrected chi connectivity index (χ4v) is 6.56. The van der Waals surface area contributed by atoms with Crippen LogP contribution in [0.25, 0.3) is 0 Å². The molecule has 1 atom stereocenters. The van der Waals surface area contributed by atoms with Gasteiger partial charge >= 0.3 is 0 Å². The number of nitrogens with one attached hydrogen (secondary N) is 1. The van der Waals surface area contributed by atoms with Crippen molar-refractivity contribution in [1.29, 1.82) is 5.26 Å². The Hall–Kier alpha value is -4.01. The molecule has 1 aliphatic carbocycles. The fourth-order valence-electron chi connectivity index (χ4n) is 4.88. The first-order valence-electron chi connectivity index (χ1n) is 12.3. The first-order valence-corrected chi connectivity index (χ1v) is 14.1. The highest BCUT2D eigenvalue weighted by Crippen LogP contribution is 2.47. The summed E-state index contributed by atoms with van der Waals surface area (Å²) in [5, 5.41) is 21.8. The largest absolute Gasteiger partial charge is 0.384 e. The van der Waals surface area contributed by atoms with Crippen molar-refractivity contribution in [2.45, 2.75) is 43.4 Å². The van der Waals surface area contributed by atoms with Gasteiger partial charge in [-0.15, -0.1) is 10.2 Å². The molecule has 0 saturated heterocycles. The van der Waals surface area contributed by atoms with Crippen LogP contribution in [0, 0.1) is 31.0 Å². The minimum Gasteiger partial charge on any atom is -0.384 e. The van der Waals surface area contributed by atoms with Gasteiger partial charge in [-0.2, -0.15) is 5.26 Å². The number of thioether (sulfide) groups is 1. The number of anilines is 2. The Morgan fingerprint density at radius 3 is 2.85 bits per heavy atom. The van der Waals surface area contributed by atoms with Crippen LogP contribution < -0.4 is 16.0 Å². The predicted octanol–water partition coefficient (Wildman–Crippen LogP) is 5.33. The minimum atomic E-state index is -0.536. The van der Waals surface area contributed by atoms with E-state index >= 15 is 0 Å². The maximum atomic E-state index is 13.6. The summed E-state index contributed by atoms with van der Waals surface area (Å²) in [6.07, 6.45) is 1.69. The molecule has 3 N–H and O–H groups in total. The van der Waals surface area contributed by atoms with Gasteiger partial charge < -0.3 is 11.1 Å². The molecule has 0 spiro atoms. The first kappa shape index (κ1) is 26.6. The normalized spacial score (nSPS) is 17.2. The average molecular weight is 561 g/mol. The van der Waals surface area contributed by atoms with Gasteiger partial charge in [0.2, 0.25) is 11.0 Å². The van der Waals surface area contributed by atoms with E-state index < -0.39 is 11.7 Å². The second-order valence-corrected chi connectivity index (χ2v) is 11.6. The van der Waals surface area contributed by atoms with Crippen molar-refractivity contribution < 1.29 is 14.0 Å². The van der Waals surface area contributed by atoms with Gasteiger partial charge in [0.15, 0.2) is 10.1 Å². The van der Waals surface area contributed by atoms with E-state index in [0.717, 1.165) is 22.4 Å². The number of hydrogen-bond donors (Lipinski definition) is 2. The number of nitriles is 1. The number of nitrogens with zero attached hydrogens (tertiary/aromatic N) is 4. The van der Waals surface area contributed by atoms with Crippen LogP contribution in [-0.2, 0) is 9.59 Å². The molecule has 39 heavy (non-hydrogen) atoms. The maximum absolute atomic E-state index is 13.6. The lowest BCUT2D eigenvalue weighted by molar-refractivity contribution is -0.116. The smallest absolute Gasteiger partial charge is 0.234 e. The molecule has 0 radical (unpaired) electrons. The van der Waals surface area contributed by atoms with E-state index in [2.05, 4.69) is 21.6 Å². The van der Waals surface area contributed by atoms with Crippen LogP contribution in [-0.4, -0.2) is 27.6 Å². The summed E-state index contributed by atoms with van der Waals surface area (Å²) in [6.45, 7) is 3.75. The number of aromatic nitrogens is 2. The van der Waals surface area contributed by atoms with Crippen LogP contribution in [0.3, 0.4) is 0 Å². The number of rotatable bonds is 6. The van der Waals surface area contributed by atoms with Gasteiger partial charge in [0, 0.05) is 23.4 Å². The average Bonchev–Trinajstić information content (AvgIpc) is 3.37. The molecule has 2 aromatic carbocycles. The number of carbonyl (C=O) groups is 2. The van der Waals surface area contributed by atoms with E-state index in [4.69, 9.17) is 5.73 Å². The van der Waals surface area contributed by atoms with Crippen molar-refractivity contribution in [3.63, 3.8) is 0 Å². The summed E-state index contributed by atoms with van der Waals surface area (Å²) in [5.41, 5.74) is 11.3. The van der Waals surface area contributed by atoms with E-state index in [1.165, 1.54) is 35.2 Å². The molecular formula is C28H25FN6O2S2. The van der Waals surface area contributed by atoms with Crippen LogP contribution >= 0.6 is 23.1 Å². The Labute approximate surface area is 233 Å². The van der Waals surface area contributed by atoms with Gasteiger partial charge in [0.25, 0.3) is 0 Å². The predicted molar refractivity (Wildman–Crippen MR) is 150 cm³/mol. The lowest BCUT2D eigenvalue weighted by Gasteiger charge is -2.38. The molecular weight excluding hydrogens is 535 g/mol. The number of carbonyl (C=O) groups excluding carboxylic acids is 2. The van der Waals surface area contributed by atoms with Gasteiger partial charge in [-0.05, 0) is 49.9 Å². The maximum Gasteiger partial charge on any atom is 0.234 e. The van der Waals surface area contributed by atoms with E-state index in [9.17, 15) is 19.2 Å². The number of aryl methyl sites for hydroxylation is 2. The highest BCUT2D eigenvalue weighted by atomic mass is 32.2. The molecule has 2 heterocycles. The van der Waals surface area contributed by atoms with Gasteiger partial charge in [0.05, 0.1) is 23.3 Å². The highest BCUT2D eigenvalue weighted by Gasteiger charge is 2.41. The minimum absolute atomic E-state index is 0.00330. The lowest BCUT2D eigenvalue weighted by Crippen LogP contribution is -2.38. The molecule has 0 saturated carbocycles. The third-order valence-corrected chi connectivity index (χ3v) is 8.72. The van der Waals surface area contributed by atoms with Gasteiger partial charge in [-0.1, -0.05) is 59.0 Å².